The second-order valence-corrected chi connectivity index (χ2v) is 1.74. The van der Waals surface area contributed by atoms with Crippen LogP contribution in [0.3, 0.4) is 0 Å². The minimum Gasteiger partial charge on any atom is -0.390 e. The van der Waals surface area contributed by atoms with Gasteiger partial charge in [0.25, 0.3) is 0 Å². The quantitative estimate of drug-likeness (QED) is 0.574. The van der Waals surface area contributed by atoms with Gasteiger partial charge in [-0.25, -0.2) is 4.98 Å². The number of aliphatic hydroxyl groups is 1. The molecule has 7 heavy (non-hydrogen) atoms. The molecule has 0 aromatic carbocycles. The first-order valence-electron chi connectivity index (χ1n) is 1.85. The maximum atomic E-state index is 8.35. The van der Waals surface area contributed by atoms with Crippen LogP contribution in [0.1, 0.15) is 5.69 Å². The standard InChI is InChI=1S/C4H4NOS/c6-1-4-2-7-3-5-4/h2,6H,1H2. The third-order valence-corrected chi connectivity index (χ3v) is 1.19. The summed E-state index contributed by atoms with van der Waals surface area (Å²) in [7, 11) is 0. The third kappa shape index (κ3) is 0.976. The summed E-state index contributed by atoms with van der Waals surface area (Å²) in [4.78, 5) is 3.68. The van der Waals surface area contributed by atoms with Gasteiger partial charge >= 0.3 is 0 Å². The largest absolute Gasteiger partial charge is 0.390 e. The van der Waals surface area contributed by atoms with Gasteiger partial charge in [-0.05, 0) is 0 Å². The van der Waals surface area contributed by atoms with E-state index in [1.807, 2.05) is 0 Å². The Labute approximate surface area is 45.5 Å². The lowest BCUT2D eigenvalue weighted by atomic mass is 10.5. The summed E-state index contributed by atoms with van der Waals surface area (Å²) in [6.07, 6.45) is 0. The summed E-state index contributed by atoms with van der Waals surface area (Å²) in [5.41, 5.74) is 3.31. The van der Waals surface area contributed by atoms with E-state index >= 15 is 0 Å². The van der Waals surface area contributed by atoms with Crippen molar-refractivity contribution in [2.75, 3.05) is 0 Å². The number of hydrogen-bond donors (Lipinski definition) is 1. The Morgan fingerprint density at radius 1 is 2.00 bits per heavy atom. The van der Waals surface area contributed by atoms with E-state index in [4.69, 9.17) is 5.11 Å². The predicted molar refractivity (Wildman–Crippen MR) is 26.9 cm³/mol. The minimum absolute atomic E-state index is 0.0278. The summed E-state index contributed by atoms with van der Waals surface area (Å²) >= 11 is 1.37. The molecular weight excluding hydrogens is 110 g/mol. The van der Waals surface area contributed by atoms with Gasteiger partial charge in [0, 0.05) is 5.38 Å². The summed E-state index contributed by atoms with van der Waals surface area (Å²) in [6, 6.07) is 0. The van der Waals surface area contributed by atoms with Crippen molar-refractivity contribution in [3.8, 4) is 0 Å². The highest BCUT2D eigenvalue weighted by Crippen LogP contribution is 1.97. The van der Waals surface area contributed by atoms with E-state index in [0.717, 1.165) is 0 Å². The second kappa shape index (κ2) is 2.04. The molecule has 0 bridgehead atoms. The van der Waals surface area contributed by atoms with Crippen LogP contribution in [0.5, 0.6) is 0 Å². The van der Waals surface area contributed by atoms with Crippen LogP contribution in [0.25, 0.3) is 0 Å². The molecule has 0 amide bonds. The topological polar surface area (TPSA) is 33.1 Å². The first-order valence-corrected chi connectivity index (χ1v) is 2.73. The van der Waals surface area contributed by atoms with Gasteiger partial charge in [-0.1, -0.05) is 0 Å². The zero-order chi connectivity index (χ0) is 5.11. The van der Waals surface area contributed by atoms with Crippen LogP contribution >= 0.6 is 11.3 Å². The normalized spacial score (nSPS) is 9.29. The molecule has 1 aromatic heterocycles. The summed E-state index contributed by atoms with van der Waals surface area (Å²) in [6.45, 7) is 0.0278. The van der Waals surface area contributed by atoms with Crippen molar-refractivity contribution < 1.29 is 5.11 Å². The summed E-state index contributed by atoms with van der Waals surface area (Å²) in [5, 5.41) is 10.1. The van der Waals surface area contributed by atoms with E-state index in [2.05, 4.69) is 10.5 Å². The van der Waals surface area contributed by atoms with Crippen LogP contribution in [0.2, 0.25) is 0 Å². The van der Waals surface area contributed by atoms with Gasteiger partial charge in [0.05, 0.1) is 12.3 Å². The van der Waals surface area contributed by atoms with E-state index in [0.29, 0.717) is 5.69 Å². The third-order valence-electron chi connectivity index (χ3n) is 0.599. The molecule has 1 aromatic rings. The molecule has 37 valence electrons. The van der Waals surface area contributed by atoms with Crippen LogP contribution in [0.4, 0.5) is 0 Å². The molecule has 0 aliphatic heterocycles. The highest BCUT2D eigenvalue weighted by atomic mass is 32.1. The Morgan fingerprint density at radius 3 is 3.14 bits per heavy atom. The van der Waals surface area contributed by atoms with Crippen molar-refractivity contribution in [3.05, 3.63) is 16.6 Å². The van der Waals surface area contributed by atoms with Gasteiger partial charge in [0.15, 0.2) is 5.51 Å². The lowest BCUT2D eigenvalue weighted by Crippen LogP contribution is -1.77. The molecule has 3 heteroatoms. The fraction of sp³-hybridized carbons (Fsp3) is 0.250. The average molecular weight is 114 g/mol. The SMILES string of the molecule is OCc1cs[c]n1. The van der Waals surface area contributed by atoms with Gasteiger partial charge in [-0.3, -0.25) is 0 Å². The molecule has 1 radical (unpaired) electrons. The lowest BCUT2D eigenvalue weighted by Gasteiger charge is -1.77. The Balaban J connectivity index is 2.76. The number of aliphatic hydroxyl groups excluding tert-OH is 1. The van der Waals surface area contributed by atoms with Crippen molar-refractivity contribution in [1.29, 1.82) is 0 Å². The van der Waals surface area contributed by atoms with Crippen LogP contribution in [-0.2, 0) is 6.61 Å². The van der Waals surface area contributed by atoms with Crippen molar-refractivity contribution in [1.82, 2.24) is 4.98 Å². The molecule has 1 rings (SSSR count). The number of aromatic nitrogens is 1. The van der Waals surface area contributed by atoms with E-state index in [9.17, 15) is 0 Å². The summed E-state index contributed by atoms with van der Waals surface area (Å²) < 4.78 is 0. The zero-order valence-corrected chi connectivity index (χ0v) is 4.40. The second-order valence-electron chi connectivity index (χ2n) is 1.09. The predicted octanol–water partition coefficient (Wildman–Crippen LogP) is 0.436. The van der Waals surface area contributed by atoms with E-state index in [-0.39, 0.29) is 6.61 Å². The maximum absolute atomic E-state index is 8.35. The zero-order valence-electron chi connectivity index (χ0n) is 3.59. The van der Waals surface area contributed by atoms with Gasteiger partial charge in [-0.2, -0.15) is 0 Å². The molecule has 0 spiro atoms. The molecule has 0 unspecified atom stereocenters. The van der Waals surface area contributed by atoms with Gasteiger partial charge < -0.3 is 5.11 Å². The molecule has 0 atom stereocenters. The van der Waals surface area contributed by atoms with Crippen LogP contribution in [-0.4, -0.2) is 10.1 Å². The fourth-order valence-electron chi connectivity index (χ4n) is 0.278. The smallest absolute Gasteiger partial charge is 0.152 e. The van der Waals surface area contributed by atoms with Crippen LogP contribution in [0.15, 0.2) is 5.38 Å². The summed E-state index contributed by atoms with van der Waals surface area (Å²) in [5.74, 6) is 0. The minimum atomic E-state index is 0.0278. The molecule has 1 heterocycles. The average Bonchev–Trinajstić information content (AvgIpc) is 2.14. The lowest BCUT2D eigenvalue weighted by molar-refractivity contribution is 0.277. The van der Waals surface area contributed by atoms with Crippen molar-refractivity contribution in [2.24, 2.45) is 0 Å². The fourth-order valence-corrected chi connectivity index (χ4v) is 0.764. The van der Waals surface area contributed by atoms with E-state index < -0.39 is 0 Å². The highest BCUT2D eigenvalue weighted by molar-refractivity contribution is 7.07. The Hall–Kier alpha value is -0.410. The first-order chi connectivity index (χ1) is 3.43. The highest BCUT2D eigenvalue weighted by Gasteiger charge is 1.86. The number of hydrogen-bond acceptors (Lipinski definition) is 3. The van der Waals surface area contributed by atoms with Gasteiger partial charge in [0.2, 0.25) is 0 Å². The molecule has 0 fully saturated rings. The molecule has 0 aliphatic carbocycles. The van der Waals surface area contributed by atoms with E-state index in [1.54, 1.807) is 5.38 Å². The molecule has 2 nitrogen and oxygen atoms in total. The van der Waals surface area contributed by atoms with Crippen LogP contribution in [0, 0.1) is 5.51 Å². The molecule has 0 saturated carbocycles. The number of nitrogens with zero attached hydrogens (tertiary/aromatic N) is 1. The van der Waals surface area contributed by atoms with Gasteiger partial charge in [-0.15, -0.1) is 11.3 Å². The molecular formula is C4H4NOS. The number of rotatable bonds is 1. The Morgan fingerprint density at radius 2 is 2.86 bits per heavy atom. The monoisotopic (exact) mass is 114 g/mol. The van der Waals surface area contributed by atoms with Crippen molar-refractivity contribution in [3.63, 3.8) is 0 Å². The number of thiazole rings is 1. The first kappa shape index (κ1) is 4.74. The van der Waals surface area contributed by atoms with Crippen molar-refractivity contribution in [2.45, 2.75) is 6.61 Å². The maximum Gasteiger partial charge on any atom is 0.152 e. The van der Waals surface area contributed by atoms with E-state index in [1.165, 1.54) is 11.3 Å². The Bertz CT molecular complexity index is 126. The van der Waals surface area contributed by atoms with Crippen molar-refractivity contribution >= 4 is 11.3 Å². The molecule has 1 N–H and O–H groups in total. The molecule has 0 saturated heterocycles. The van der Waals surface area contributed by atoms with Gasteiger partial charge in [0.1, 0.15) is 0 Å². The Kier molecular flexibility index (Phi) is 1.38. The molecule has 0 aliphatic rings. The van der Waals surface area contributed by atoms with Crippen LogP contribution < -0.4 is 0 Å².